The van der Waals surface area contributed by atoms with Crippen LogP contribution < -0.4 is 14.4 Å². The van der Waals surface area contributed by atoms with E-state index in [-0.39, 0.29) is 11.6 Å². The largest absolute Gasteiger partial charge is 0.495 e. The highest BCUT2D eigenvalue weighted by molar-refractivity contribution is 7.22. The van der Waals surface area contributed by atoms with Gasteiger partial charge in [0.15, 0.2) is 5.13 Å². The highest BCUT2D eigenvalue weighted by atomic mass is 32.1. The first kappa shape index (κ1) is 21.0. The number of nitrogens with zero attached hydrogens (tertiary/aromatic N) is 5. The molecule has 0 bridgehead atoms. The van der Waals surface area contributed by atoms with Crippen molar-refractivity contribution in [2.75, 3.05) is 46.3 Å². The Morgan fingerprint density at radius 2 is 1.68 bits per heavy atom. The summed E-state index contributed by atoms with van der Waals surface area (Å²) < 4.78 is 11.8. The van der Waals surface area contributed by atoms with Gasteiger partial charge in [-0.1, -0.05) is 23.5 Å². The number of methoxy groups -OCH3 is 2. The van der Waals surface area contributed by atoms with Crippen molar-refractivity contribution in [1.29, 1.82) is 0 Å². The van der Waals surface area contributed by atoms with Crippen LogP contribution in [0.25, 0.3) is 21.3 Å². The monoisotopic (exact) mass is 437 g/mol. The zero-order valence-corrected chi connectivity index (χ0v) is 18.6. The quantitative estimate of drug-likeness (QED) is 0.438. The summed E-state index contributed by atoms with van der Waals surface area (Å²) in [5.41, 5.74) is 2.35. The summed E-state index contributed by atoms with van der Waals surface area (Å²) in [5, 5.41) is 0.555. The average molecular weight is 438 g/mol. The van der Waals surface area contributed by atoms with Crippen LogP contribution >= 0.6 is 11.3 Å². The fourth-order valence-corrected chi connectivity index (χ4v) is 4.27. The Morgan fingerprint density at radius 3 is 2.39 bits per heavy atom. The van der Waals surface area contributed by atoms with Crippen LogP contribution in [-0.4, -0.2) is 67.2 Å². The first-order valence-electron chi connectivity index (χ1n) is 9.71. The number of carbonyl (C=O) groups is 1. The SMILES string of the molecule is COc1ccc(OC)c2sc(N(CCN(C)C)C(=O)c3cnc4ccccc4n3)nc12. The molecule has 0 fully saturated rings. The summed E-state index contributed by atoms with van der Waals surface area (Å²) in [4.78, 5) is 30.8. The number of amides is 1. The molecule has 2 aromatic carbocycles. The van der Waals surface area contributed by atoms with Crippen molar-refractivity contribution in [2.24, 2.45) is 0 Å². The molecule has 0 saturated heterocycles. The molecule has 0 unspecified atom stereocenters. The summed E-state index contributed by atoms with van der Waals surface area (Å²) in [6.45, 7) is 1.11. The lowest BCUT2D eigenvalue weighted by Crippen LogP contribution is -2.37. The second-order valence-electron chi connectivity index (χ2n) is 7.15. The molecule has 0 saturated carbocycles. The molecule has 9 heteroatoms. The van der Waals surface area contributed by atoms with Gasteiger partial charge in [-0.05, 0) is 38.4 Å². The maximum Gasteiger partial charge on any atom is 0.280 e. The number of carbonyl (C=O) groups excluding carboxylic acids is 1. The van der Waals surface area contributed by atoms with Crippen molar-refractivity contribution in [3.05, 3.63) is 48.3 Å². The minimum absolute atomic E-state index is 0.253. The molecule has 1 amide bonds. The van der Waals surface area contributed by atoms with Gasteiger partial charge in [-0.3, -0.25) is 14.7 Å². The Bertz CT molecular complexity index is 1200. The number of thiazole rings is 1. The van der Waals surface area contributed by atoms with Gasteiger partial charge in [-0.15, -0.1) is 0 Å². The van der Waals surface area contributed by atoms with Gasteiger partial charge in [0, 0.05) is 13.1 Å². The van der Waals surface area contributed by atoms with Crippen LogP contribution in [0.3, 0.4) is 0 Å². The first-order valence-corrected chi connectivity index (χ1v) is 10.5. The second kappa shape index (κ2) is 8.83. The van der Waals surface area contributed by atoms with E-state index in [9.17, 15) is 4.79 Å². The van der Waals surface area contributed by atoms with Gasteiger partial charge in [0.25, 0.3) is 5.91 Å². The van der Waals surface area contributed by atoms with Crippen LogP contribution in [0.4, 0.5) is 5.13 Å². The molecule has 31 heavy (non-hydrogen) atoms. The summed E-state index contributed by atoms with van der Waals surface area (Å²) in [6, 6.07) is 11.1. The summed E-state index contributed by atoms with van der Waals surface area (Å²) >= 11 is 1.39. The first-order chi connectivity index (χ1) is 15.0. The fraction of sp³-hybridized carbons (Fsp3) is 0.273. The lowest BCUT2D eigenvalue weighted by atomic mass is 10.3. The van der Waals surface area contributed by atoms with Gasteiger partial charge in [0.2, 0.25) is 0 Å². The van der Waals surface area contributed by atoms with Crippen molar-refractivity contribution in [3.8, 4) is 11.5 Å². The van der Waals surface area contributed by atoms with E-state index in [4.69, 9.17) is 14.5 Å². The number of ether oxygens (including phenoxy) is 2. The molecule has 2 heterocycles. The molecule has 4 rings (SSSR count). The van der Waals surface area contributed by atoms with Crippen LogP contribution in [0.5, 0.6) is 11.5 Å². The van der Waals surface area contributed by atoms with E-state index in [0.717, 1.165) is 10.2 Å². The third kappa shape index (κ3) is 4.14. The van der Waals surface area contributed by atoms with Crippen molar-refractivity contribution in [2.45, 2.75) is 0 Å². The maximum atomic E-state index is 13.5. The Balaban J connectivity index is 1.79. The fourth-order valence-electron chi connectivity index (χ4n) is 3.17. The zero-order chi connectivity index (χ0) is 22.0. The minimum Gasteiger partial charge on any atom is -0.495 e. The van der Waals surface area contributed by atoms with Gasteiger partial charge in [0.05, 0.1) is 31.4 Å². The number of hydrogen-bond acceptors (Lipinski definition) is 8. The van der Waals surface area contributed by atoms with E-state index in [2.05, 4.69) is 9.97 Å². The maximum absolute atomic E-state index is 13.5. The van der Waals surface area contributed by atoms with Crippen LogP contribution in [-0.2, 0) is 0 Å². The van der Waals surface area contributed by atoms with E-state index in [1.807, 2.05) is 55.4 Å². The Morgan fingerprint density at radius 1 is 0.968 bits per heavy atom. The molecule has 160 valence electrons. The second-order valence-corrected chi connectivity index (χ2v) is 8.13. The molecule has 0 spiro atoms. The topological polar surface area (TPSA) is 80.7 Å². The number of anilines is 1. The third-order valence-corrected chi connectivity index (χ3v) is 5.91. The number of para-hydroxylation sites is 2. The predicted octanol–water partition coefficient (Wildman–Crippen LogP) is 3.47. The molecular formula is C22H23N5O3S. The van der Waals surface area contributed by atoms with Crippen LogP contribution in [0.2, 0.25) is 0 Å². The number of aromatic nitrogens is 3. The zero-order valence-electron chi connectivity index (χ0n) is 17.8. The third-order valence-electron chi connectivity index (χ3n) is 4.81. The average Bonchev–Trinajstić information content (AvgIpc) is 3.23. The molecule has 4 aromatic rings. The van der Waals surface area contributed by atoms with Crippen molar-refractivity contribution < 1.29 is 14.3 Å². The Hall–Kier alpha value is -3.30. The molecular weight excluding hydrogens is 414 g/mol. The van der Waals surface area contributed by atoms with Gasteiger partial charge in [-0.25, -0.2) is 9.97 Å². The highest BCUT2D eigenvalue weighted by Crippen LogP contribution is 2.40. The number of benzene rings is 2. The van der Waals surface area contributed by atoms with Crippen molar-refractivity contribution in [1.82, 2.24) is 19.9 Å². The number of fused-ring (bicyclic) bond motifs is 2. The molecule has 8 nitrogen and oxygen atoms in total. The molecule has 0 aliphatic heterocycles. The summed E-state index contributed by atoms with van der Waals surface area (Å²) in [7, 11) is 7.13. The summed E-state index contributed by atoms with van der Waals surface area (Å²) in [5.74, 6) is 1.06. The lowest BCUT2D eigenvalue weighted by Gasteiger charge is -2.21. The molecule has 0 atom stereocenters. The van der Waals surface area contributed by atoms with Gasteiger partial charge >= 0.3 is 0 Å². The van der Waals surface area contributed by atoms with Crippen LogP contribution in [0, 0.1) is 0 Å². The van der Waals surface area contributed by atoms with E-state index < -0.39 is 0 Å². The Labute approximate surface area is 184 Å². The standard InChI is InChI=1S/C22H23N5O3S/c1-26(2)11-12-27(21(28)16-13-23-14-7-5-6-8-15(14)24-16)22-25-19-17(29-3)9-10-18(30-4)20(19)31-22/h5-10,13H,11-12H2,1-4H3. The van der Waals surface area contributed by atoms with E-state index >= 15 is 0 Å². The molecule has 2 aromatic heterocycles. The minimum atomic E-state index is -0.253. The van der Waals surface area contributed by atoms with E-state index in [1.165, 1.54) is 17.5 Å². The lowest BCUT2D eigenvalue weighted by molar-refractivity contribution is 0.0980. The van der Waals surface area contributed by atoms with E-state index in [0.29, 0.717) is 40.8 Å². The van der Waals surface area contributed by atoms with E-state index in [1.54, 1.807) is 19.1 Å². The summed E-state index contributed by atoms with van der Waals surface area (Å²) in [6.07, 6.45) is 1.52. The molecule has 0 radical (unpaired) electrons. The predicted molar refractivity (Wildman–Crippen MR) is 122 cm³/mol. The van der Waals surface area contributed by atoms with Crippen molar-refractivity contribution >= 4 is 43.6 Å². The number of hydrogen-bond donors (Lipinski definition) is 0. The molecule has 0 aliphatic carbocycles. The molecule has 0 N–H and O–H groups in total. The molecule has 0 aliphatic rings. The van der Waals surface area contributed by atoms with Crippen LogP contribution in [0.15, 0.2) is 42.6 Å². The van der Waals surface area contributed by atoms with Gasteiger partial charge in [0.1, 0.15) is 27.4 Å². The highest BCUT2D eigenvalue weighted by Gasteiger charge is 2.25. The number of rotatable bonds is 7. The van der Waals surface area contributed by atoms with Crippen molar-refractivity contribution in [3.63, 3.8) is 0 Å². The Kier molecular flexibility index (Phi) is 5.97. The van der Waals surface area contributed by atoms with Crippen LogP contribution in [0.1, 0.15) is 10.5 Å². The number of likely N-dealkylation sites (N-methyl/N-ethyl adjacent to an activating group) is 1. The smallest absolute Gasteiger partial charge is 0.280 e. The van der Waals surface area contributed by atoms with Gasteiger partial charge < -0.3 is 14.4 Å². The normalized spacial score (nSPS) is 11.3. The van der Waals surface area contributed by atoms with Gasteiger partial charge in [-0.2, -0.15) is 0 Å².